The highest BCUT2D eigenvalue weighted by molar-refractivity contribution is 5.93. The Morgan fingerprint density at radius 3 is 2.00 bits per heavy atom. The highest BCUT2D eigenvalue weighted by Crippen LogP contribution is 2.20. The van der Waals surface area contributed by atoms with Crippen LogP contribution in [0.3, 0.4) is 0 Å². The van der Waals surface area contributed by atoms with Gasteiger partial charge in [-0.25, -0.2) is 0 Å². The molecule has 1 fully saturated rings. The normalized spacial score (nSPS) is 15.0. The largest absolute Gasteiger partial charge is 0.381 e. The molecule has 0 atom stereocenters. The molecule has 0 spiro atoms. The van der Waals surface area contributed by atoms with Crippen molar-refractivity contribution in [3.8, 4) is 12.1 Å². The number of benzene rings is 2. The fourth-order valence-electron chi connectivity index (χ4n) is 3.49. The van der Waals surface area contributed by atoms with Gasteiger partial charge in [-0.3, -0.25) is 9.59 Å². The van der Waals surface area contributed by atoms with Crippen molar-refractivity contribution in [2.24, 2.45) is 0 Å². The quantitative estimate of drug-likeness (QED) is 0.643. The second-order valence-corrected chi connectivity index (χ2v) is 7.74. The van der Waals surface area contributed by atoms with Gasteiger partial charge in [0.2, 0.25) is 11.8 Å². The fourth-order valence-corrected chi connectivity index (χ4v) is 3.49. The predicted molar refractivity (Wildman–Crippen MR) is 124 cm³/mol. The van der Waals surface area contributed by atoms with E-state index in [1.807, 2.05) is 12.1 Å². The second-order valence-electron chi connectivity index (χ2n) is 7.74. The van der Waals surface area contributed by atoms with Gasteiger partial charge in [0.25, 0.3) is 0 Å². The Morgan fingerprint density at radius 1 is 0.909 bits per heavy atom. The lowest BCUT2D eigenvalue weighted by atomic mass is 9.89. The van der Waals surface area contributed by atoms with Gasteiger partial charge in [-0.2, -0.15) is 10.5 Å². The summed E-state index contributed by atoms with van der Waals surface area (Å²) in [6, 6.07) is 18.1. The summed E-state index contributed by atoms with van der Waals surface area (Å²) in [5, 5.41) is 23.9. The number of nitrogens with one attached hydrogen (secondary N) is 2. The molecule has 0 aliphatic carbocycles. The van der Waals surface area contributed by atoms with Crippen molar-refractivity contribution in [3.63, 3.8) is 0 Å². The van der Waals surface area contributed by atoms with Crippen LogP contribution >= 0.6 is 0 Å². The van der Waals surface area contributed by atoms with Crippen LogP contribution in [0.4, 0.5) is 0 Å². The van der Waals surface area contributed by atoms with E-state index in [9.17, 15) is 9.59 Å². The summed E-state index contributed by atoms with van der Waals surface area (Å²) in [6.07, 6.45) is 7.28. The Bertz CT molecular complexity index is 1150. The molecule has 0 saturated carbocycles. The van der Waals surface area contributed by atoms with E-state index in [-0.39, 0.29) is 18.4 Å². The molecule has 33 heavy (non-hydrogen) atoms. The number of hydrogen-bond acceptors (Lipinski definition) is 5. The van der Waals surface area contributed by atoms with Crippen LogP contribution in [0.1, 0.15) is 35.1 Å². The van der Waals surface area contributed by atoms with Crippen LogP contribution in [0, 0.1) is 22.7 Å². The Kier molecular flexibility index (Phi) is 8.13. The first-order valence-electron chi connectivity index (χ1n) is 10.6. The molecule has 2 amide bonds. The maximum atomic E-state index is 12.6. The Balaban J connectivity index is 1.61. The molecule has 1 aliphatic heterocycles. The third-order valence-electron chi connectivity index (χ3n) is 5.33. The molecule has 0 aromatic heterocycles. The lowest BCUT2D eigenvalue weighted by Gasteiger charge is -2.37. The van der Waals surface area contributed by atoms with Crippen LogP contribution in [0.25, 0.3) is 12.2 Å². The summed E-state index contributed by atoms with van der Waals surface area (Å²) in [6.45, 7) is 1.24. The fraction of sp³-hybridized carbons (Fsp3) is 0.231. The molecule has 2 N–H and O–H groups in total. The molecular formula is C26H24N4O3. The van der Waals surface area contributed by atoms with E-state index in [4.69, 9.17) is 15.3 Å². The minimum atomic E-state index is -0.613. The molecule has 3 rings (SSSR count). The summed E-state index contributed by atoms with van der Waals surface area (Å²) >= 11 is 0. The van der Waals surface area contributed by atoms with Gasteiger partial charge in [0.15, 0.2) is 0 Å². The number of ether oxygens (including phenoxy) is 1. The van der Waals surface area contributed by atoms with Crippen molar-refractivity contribution in [1.29, 1.82) is 10.5 Å². The zero-order valence-electron chi connectivity index (χ0n) is 18.1. The van der Waals surface area contributed by atoms with Crippen molar-refractivity contribution in [2.75, 3.05) is 19.8 Å². The second kappa shape index (κ2) is 11.4. The van der Waals surface area contributed by atoms with Gasteiger partial charge in [0, 0.05) is 31.9 Å². The molecule has 1 aliphatic rings. The number of hydrogen-bond donors (Lipinski definition) is 2. The van der Waals surface area contributed by atoms with Crippen LogP contribution in [-0.4, -0.2) is 37.1 Å². The highest BCUT2D eigenvalue weighted by atomic mass is 16.5. The van der Waals surface area contributed by atoms with Crippen LogP contribution in [-0.2, 0) is 14.3 Å². The van der Waals surface area contributed by atoms with E-state index in [0.717, 1.165) is 11.1 Å². The van der Waals surface area contributed by atoms with Crippen molar-refractivity contribution < 1.29 is 14.3 Å². The van der Waals surface area contributed by atoms with Gasteiger partial charge in [-0.15, -0.1) is 0 Å². The maximum absolute atomic E-state index is 12.6. The molecule has 1 heterocycles. The molecule has 1 saturated heterocycles. The Morgan fingerprint density at radius 2 is 1.45 bits per heavy atom. The van der Waals surface area contributed by atoms with E-state index < -0.39 is 5.54 Å². The van der Waals surface area contributed by atoms with Crippen molar-refractivity contribution in [3.05, 3.63) is 82.9 Å². The maximum Gasteiger partial charge on any atom is 0.244 e. The van der Waals surface area contributed by atoms with Gasteiger partial charge in [-0.05, 0) is 60.4 Å². The van der Waals surface area contributed by atoms with Crippen molar-refractivity contribution in [1.82, 2.24) is 10.6 Å². The van der Waals surface area contributed by atoms with Gasteiger partial charge >= 0.3 is 0 Å². The first-order valence-corrected chi connectivity index (χ1v) is 10.6. The Hall–Kier alpha value is -4.20. The summed E-state index contributed by atoms with van der Waals surface area (Å²) in [4.78, 5) is 25.0. The predicted octanol–water partition coefficient (Wildman–Crippen LogP) is 2.94. The summed E-state index contributed by atoms with van der Waals surface area (Å²) < 4.78 is 5.44. The van der Waals surface area contributed by atoms with Crippen LogP contribution in [0.2, 0.25) is 0 Å². The van der Waals surface area contributed by atoms with E-state index >= 15 is 0 Å². The van der Waals surface area contributed by atoms with Crippen LogP contribution in [0.5, 0.6) is 0 Å². The summed E-state index contributed by atoms with van der Waals surface area (Å²) in [5.74, 6) is -0.571. The third-order valence-corrected chi connectivity index (χ3v) is 5.33. The SMILES string of the molecule is N#Cc1cccc(/C=C/C(=O)NCC2(NC(=O)/C=C/c3cccc(C#N)c3)CCOCC2)c1. The lowest BCUT2D eigenvalue weighted by molar-refractivity contribution is -0.121. The van der Waals surface area contributed by atoms with E-state index in [1.165, 1.54) is 12.2 Å². The van der Waals surface area contributed by atoms with E-state index in [1.54, 1.807) is 48.6 Å². The van der Waals surface area contributed by atoms with Crippen molar-refractivity contribution in [2.45, 2.75) is 18.4 Å². The number of nitriles is 2. The monoisotopic (exact) mass is 440 g/mol. The van der Waals surface area contributed by atoms with Gasteiger partial charge in [0.05, 0.1) is 28.8 Å². The lowest BCUT2D eigenvalue weighted by Crippen LogP contribution is -2.57. The molecule has 0 unspecified atom stereocenters. The first-order chi connectivity index (χ1) is 16.0. The van der Waals surface area contributed by atoms with E-state index in [2.05, 4.69) is 22.8 Å². The molecule has 2 aromatic carbocycles. The zero-order chi connectivity index (χ0) is 23.5. The van der Waals surface area contributed by atoms with Gasteiger partial charge in [0.1, 0.15) is 0 Å². The Labute approximate surface area is 193 Å². The minimum Gasteiger partial charge on any atom is -0.381 e. The molecule has 7 heteroatoms. The summed E-state index contributed by atoms with van der Waals surface area (Å²) in [5.41, 5.74) is 1.94. The number of carbonyl (C=O) groups is 2. The van der Waals surface area contributed by atoms with Crippen molar-refractivity contribution >= 4 is 24.0 Å². The van der Waals surface area contributed by atoms with Crippen LogP contribution < -0.4 is 10.6 Å². The average molecular weight is 441 g/mol. The molecule has 2 aromatic rings. The molecule has 0 radical (unpaired) electrons. The first kappa shape index (κ1) is 23.5. The zero-order valence-corrected chi connectivity index (χ0v) is 18.1. The van der Waals surface area contributed by atoms with Crippen LogP contribution in [0.15, 0.2) is 60.7 Å². The number of carbonyl (C=O) groups excluding carboxylic acids is 2. The third kappa shape index (κ3) is 7.17. The smallest absolute Gasteiger partial charge is 0.244 e. The number of amides is 2. The molecular weight excluding hydrogens is 416 g/mol. The van der Waals surface area contributed by atoms with Gasteiger partial charge < -0.3 is 15.4 Å². The highest BCUT2D eigenvalue weighted by Gasteiger charge is 2.34. The standard InChI is InChI=1S/C26H24N4O3/c27-17-22-5-1-3-20(15-22)7-9-24(31)29-19-26(11-13-33-14-12-26)30-25(32)10-8-21-4-2-6-23(16-21)18-28/h1-10,15-16H,11-14,19H2,(H,29,31)(H,30,32)/b9-7+,10-8+. The van der Waals surface area contributed by atoms with Gasteiger partial charge in [-0.1, -0.05) is 24.3 Å². The summed E-state index contributed by atoms with van der Waals surface area (Å²) in [7, 11) is 0. The number of nitrogens with zero attached hydrogens (tertiary/aromatic N) is 2. The molecule has 7 nitrogen and oxygen atoms in total. The average Bonchev–Trinajstić information content (AvgIpc) is 2.86. The number of rotatable bonds is 7. The topological polar surface area (TPSA) is 115 Å². The minimum absolute atomic E-state index is 0.265. The molecule has 166 valence electrons. The van der Waals surface area contributed by atoms with E-state index in [0.29, 0.717) is 37.2 Å². The molecule has 0 bridgehead atoms.